The summed E-state index contributed by atoms with van der Waals surface area (Å²) in [5.74, 6) is 1.35. The van der Waals surface area contributed by atoms with Crippen LogP contribution in [0.5, 0.6) is 0 Å². The first-order valence-corrected chi connectivity index (χ1v) is 10.5. The Labute approximate surface area is 171 Å². The van der Waals surface area contributed by atoms with Gasteiger partial charge in [0.05, 0.1) is 24.3 Å². The van der Waals surface area contributed by atoms with E-state index in [-0.39, 0.29) is 23.0 Å². The third kappa shape index (κ3) is 8.45. The lowest BCUT2D eigenvalue weighted by atomic mass is 9.89. The SMILES string of the molecule is CC(C)CC(C)COC(=O)c1ccccc1C(=O)OCC(C)CC(C)C(C)C. The summed E-state index contributed by atoms with van der Waals surface area (Å²) >= 11 is 0. The summed E-state index contributed by atoms with van der Waals surface area (Å²) in [5, 5.41) is 0. The van der Waals surface area contributed by atoms with Gasteiger partial charge in [-0.3, -0.25) is 0 Å². The largest absolute Gasteiger partial charge is 0.462 e. The molecule has 0 aliphatic rings. The van der Waals surface area contributed by atoms with E-state index in [9.17, 15) is 9.59 Å². The molecule has 158 valence electrons. The summed E-state index contributed by atoms with van der Waals surface area (Å²) in [5.41, 5.74) is 0.542. The highest BCUT2D eigenvalue weighted by Gasteiger charge is 2.21. The Morgan fingerprint density at radius 3 is 1.57 bits per heavy atom. The van der Waals surface area contributed by atoms with Crippen LogP contribution in [0.1, 0.15) is 82.0 Å². The maximum atomic E-state index is 12.5. The quantitative estimate of drug-likeness (QED) is 0.435. The Balaban J connectivity index is 2.66. The molecule has 1 aromatic rings. The van der Waals surface area contributed by atoms with E-state index in [1.807, 2.05) is 0 Å². The topological polar surface area (TPSA) is 52.6 Å². The van der Waals surface area contributed by atoms with Gasteiger partial charge in [0.1, 0.15) is 0 Å². The molecule has 0 spiro atoms. The van der Waals surface area contributed by atoms with Crippen molar-refractivity contribution >= 4 is 11.9 Å². The van der Waals surface area contributed by atoms with Gasteiger partial charge in [-0.2, -0.15) is 0 Å². The summed E-state index contributed by atoms with van der Waals surface area (Å²) < 4.78 is 10.9. The van der Waals surface area contributed by atoms with E-state index in [1.54, 1.807) is 24.3 Å². The number of esters is 2. The molecule has 0 aliphatic carbocycles. The number of carbonyl (C=O) groups is 2. The minimum atomic E-state index is -0.468. The van der Waals surface area contributed by atoms with Crippen molar-refractivity contribution < 1.29 is 19.1 Å². The van der Waals surface area contributed by atoms with Gasteiger partial charge in [0, 0.05) is 0 Å². The highest BCUT2D eigenvalue weighted by molar-refractivity contribution is 6.03. The minimum absolute atomic E-state index is 0.271. The Kier molecular flexibility index (Phi) is 10.3. The maximum absolute atomic E-state index is 12.5. The van der Waals surface area contributed by atoms with Crippen molar-refractivity contribution in [2.45, 2.75) is 61.3 Å². The first-order chi connectivity index (χ1) is 13.1. The fourth-order valence-electron chi connectivity index (χ4n) is 3.28. The van der Waals surface area contributed by atoms with Crippen LogP contribution in [0.3, 0.4) is 0 Å². The molecule has 0 bridgehead atoms. The molecule has 0 heterocycles. The summed E-state index contributed by atoms with van der Waals surface area (Å²) in [6, 6.07) is 6.71. The molecule has 0 aliphatic heterocycles. The second-order valence-corrected chi connectivity index (χ2v) is 9.04. The summed E-state index contributed by atoms with van der Waals surface area (Å²) in [4.78, 5) is 25.0. The Bertz CT molecular complexity index is 621. The van der Waals surface area contributed by atoms with Crippen LogP contribution in [-0.4, -0.2) is 25.2 Å². The molecule has 0 radical (unpaired) electrons. The Hall–Kier alpha value is -1.84. The van der Waals surface area contributed by atoms with Crippen LogP contribution in [0.15, 0.2) is 24.3 Å². The van der Waals surface area contributed by atoms with Crippen LogP contribution in [0.25, 0.3) is 0 Å². The van der Waals surface area contributed by atoms with Gasteiger partial charge in [-0.1, -0.05) is 60.6 Å². The molecular weight excluding hydrogens is 352 g/mol. The fourth-order valence-corrected chi connectivity index (χ4v) is 3.28. The maximum Gasteiger partial charge on any atom is 0.339 e. The average molecular weight is 391 g/mol. The van der Waals surface area contributed by atoms with Crippen molar-refractivity contribution in [3.05, 3.63) is 35.4 Å². The number of hydrogen-bond acceptors (Lipinski definition) is 4. The predicted molar refractivity (Wildman–Crippen MR) is 113 cm³/mol. The Morgan fingerprint density at radius 1 is 0.750 bits per heavy atom. The lowest BCUT2D eigenvalue weighted by molar-refractivity contribution is 0.0387. The van der Waals surface area contributed by atoms with Crippen LogP contribution in [-0.2, 0) is 9.47 Å². The first-order valence-electron chi connectivity index (χ1n) is 10.5. The van der Waals surface area contributed by atoms with E-state index in [0.717, 1.165) is 12.8 Å². The smallest absolute Gasteiger partial charge is 0.339 e. The van der Waals surface area contributed by atoms with Gasteiger partial charge in [0.2, 0.25) is 0 Å². The number of rotatable bonds is 11. The average Bonchev–Trinajstić information content (AvgIpc) is 2.63. The lowest BCUT2D eigenvalue weighted by Gasteiger charge is -2.20. The van der Waals surface area contributed by atoms with Crippen molar-refractivity contribution in [3.8, 4) is 0 Å². The van der Waals surface area contributed by atoms with Crippen LogP contribution in [0.2, 0.25) is 0 Å². The zero-order chi connectivity index (χ0) is 21.3. The van der Waals surface area contributed by atoms with E-state index in [1.165, 1.54) is 0 Å². The van der Waals surface area contributed by atoms with E-state index in [0.29, 0.717) is 31.0 Å². The molecule has 4 heteroatoms. The van der Waals surface area contributed by atoms with E-state index in [2.05, 4.69) is 48.5 Å². The second-order valence-electron chi connectivity index (χ2n) is 9.04. The standard InChI is InChI=1S/C24H38O4/c1-16(2)12-18(5)14-27-23(25)21-10-8-9-11-22(21)24(26)28-15-19(6)13-20(7)17(3)4/h8-11,16-20H,12-15H2,1-7H3. The molecule has 3 unspecified atom stereocenters. The fraction of sp³-hybridized carbons (Fsp3) is 0.667. The van der Waals surface area contributed by atoms with Crippen LogP contribution < -0.4 is 0 Å². The zero-order valence-corrected chi connectivity index (χ0v) is 18.7. The molecule has 28 heavy (non-hydrogen) atoms. The van der Waals surface area contributed by atoms with Gasteiger partial charge in [0.25, 0.3) is 0 Å². The number of ether oxygens (including phenoxy) is 2. The highest BCUT2D eigenvalue weighted by Crippen LogP contribution is 2.21. The molecule has 0 fully saturated rings. The molecule has 3 atom stereocenters. The lowest BCUT2D eigenvalue weighted by Crippen LogP contribution is -2.19. The van der Waals surface area contributed by atoms with Crippen molar-refractivity contribution in [1.82, 2.24) is 0 Å². The van der Waals surface area contributed by atoms with Gasteiger partial charge in [-0.25, -0.2) is 9.59 Å². The number of carbonyl (C=O) groups excluding carboxylic acids is 2. The van der Waals surface area contributed by atoms with Gasteiger partial charge < -0.3 is 9.47 Å². The van der Waals surface area contributed by atoms with Crippen LogP contribution >= 0.6 is 0 Å². The normalized spacial score (nSPS) is 14.6. The van der Waals surface area contributed by atoms with Crippen LogP contribution in [0, 0.1) is 29.6 Å². The monoisotopic (exact) mass is 390 g/mol. The van der Waals surface area contributed by atoms with Crippen molar-refractivity contribution in [2.24, 2.45) is 29.6 Å². The molecular formula is C24H38O4. The zero-order valence-electron chi connectivity index (χ0n) is 18.7. The molecule has 0 N–H and O–H groups in total. The van der Waals surface area contributed by atoms with E-state index < -0.39 is 11.9 Å². The van der Waals surface area contributed by atoms with Crippen molar-refractivity contribution in [1.29, 1.82) is 0 Å². The van der Waals surface area contributed by atoms with Crippen molar-refractivity contribution in [2.75, 3.05) is 13.2 Å². The van der Waals surface area contributed by atoms with Crippen molar-refractivity contribution in [3.63, 3.8) is 0 Å². The molecule has 0 amide bonds. The predicted octanol–water partition coefficient (Wildman–Crippen LogP) is 6.00. The van der Waals surface area contributed by atoms with Gasteiger partial charge >= 0.3 is 11.9 Å². The van der Waals surface area contributed by atoms with Gasteiger partial charge in [-0.15, -0.1) is 0 Å². The van der Waals surface area contributed by atoms with Gasteiger partial charge in [-0.05, 0) is 54.6 Å². The summed E-state index contributed by atoms with van der Waals surface area (Å²) in [6.45, 7) is 15.8. The highest BCUT2D eigenvalue weighted by atomic mass is 16.5. The molecule has 0 saturated heterocycles. The molecule has 0 aromatic heterocycles. The third-order valence-corrected chi connectivity index (χ3v) is 5.15. The second kappa shape index (κ2) is 11.9. The summed E-state index contributed by atoms with van der Waals surface area (Å²) in [7, 11) is 0. The molecule has 1 aromatic carbocycles. The molecule has 1 rings (SSSR count). The number of benzene rings is 1. The molecule has 4 nitrogen and oxygen atoms in total. The first kappa shape index (κ1) is 24.2. The summed E-state index contributed by atoms with van der Waals surface area (Å²) in [6.07, 6.45) is 1.99. The van der Waals surface area contributed by atoms with Crippen LogP contribution in [0.4, 0.5) is 0 Å². The minimum Gasteiger partial charge on any atom is -0.462 e. The van der Waals surface area contributed by atoms with E-state index in [4.69, 9.17) is 9.47 Å². The molecule has 0 saturated carbocycles. The van der Waals surface area contributed by atoms with E-state index >= 15 is 0 Å². The third-order valence-electron chi connectivity index (χ3n) is 5.15. The number of hydrogen-bond donors (Lipinski definition) is 0. The Morgan fingerprint density at radius 2 is 1.18 bits per heavy atom. The van der Waals surface area contributed by atoms with Gasteiger partial charge in [0.15, 0.2) is 0 Å².